The third-order valence-corrected chi connectivity index (χ3v) is 4.51. The number of carbonyl (C=O) groups excluding carboxylic acids is 1. The van der Waals surface area contributed by atoms with E-state index in [-0.39, 0.29) is 11.7 Å². The number of rotatable bonds is 4. The summed E-state index contributed by atoms with van der Waals surface area (Å²) in [4.78, 5) is 12.1. The van der Waals surface area contributed by atoms with Gasteiger partial charge in [0.2, 0.25) is 0 Å². The van der Waals surface area contributed by atoms with Crippen LogP contribution in [0.2, 0.25) is 0 Å². The molecule has 0 saturated heterocycles. The molecule has 2 aromatic rings. The van der Waals surface area contributed by atoms with E-state index in [2.05, 4.69) is 55.1 Å². The minimum Gasteiger partial charge on any atom is -0.295 e. The first kappa shape index (κ1) is 13.8. The zero-order chi connectivity index (χ0) is 14.7. The first-order chi connectivity index (χ1) is 10.3. The van der Waals surface area contributed by atoms with Gasteiger partial charge in [-0.3, -0.25) is 4.79 Å². The summed E-state index contributed by atoms with van der Waals surface area (Å²) in [5.74, 6) is 0.817. The lowest BCUT2D eigenvalue weighted by Gasteiger charge is -2.20. The van der Waals surface area contributed by atoms with Gasteiger partial charge in [-0.1, -0.05) is 67.2 Å². The smallest absolute Gasteiger partial charge is 0.159 e. The first-order valence-electron chi connectivity index (χ1n) is 7.56. The molecule has 106 valence electrons. The van der Waals surface area contributed by atoms with Crippen molar-refractivity contribution >= 4 is 5.78 Å². The van der Waals surface area contributed by atoms with Gasteiger partial charge in [-0.25, -0.2) is 0 Å². The van der Waals surface area contributed by atoms with Gasteiger partial charge in [0.1, 0.15) is 0 Å². The summed E-state index contributed by atoms with van der Waals surface area (Å²) >= 11 is 0. The molecule has 0 radical (unpaired) electrons. The minimum absolute atomic E-state index is 0.238. The summed E-state index contributed by atoms with van der Waals surface area (Å²) in [5.41, 5.74) is 3.42. The molecule has 0 bridgehead atoms. The molecule has 0 amide bonds. The highest BCUT2D eigenvalue weighted by Crippen LogP contribution is 2.42. The van der Waals surface area contributed by atoms with Gasteiger partial charge in [0.25, 0.3) is 0 Å². The Labute approximate surface area is 126 Å². The molecule has 3 rings (SSSR count). The van der Waals surface area contributed by atoms with Crippen LogP contribution < -0.4 is 0 Å². The molecule has 0 aromatic heterocycles. The van der Waals surface area contributed by atoms with Crippen molar-refractivity contribution in [2.75, 3.05) is 0 Å². The fourth-order valence-electron chi connectivity index (χ4n) is 3.32. The summed E-state index contributed by atoms with van der Waals surface area (Å²) in [5, 5.41) is 0. The van der Waals surface area contributed by atoms with Crippen LogP contribution in [0, 0.1) is 5.92 Å². The van der Waals surface area contributed by atoms with Gasteiger partial charge in [-0.2, -0.15) is 0 Å². The highest BCUT2D eigenvalue weighted by Gasteiger charge is 2.36. The van der Waals surface area contributed by atoms with Crippen LogP contribution in [-0.4, -0.2) is 5.78 Å². The molecule has 0 unspecified atom stereocenters. The van der Waals surface area contributed by atoms with Crippen LogP contribution in [0.15, 0.2) is 72.8 Å². The van der Waals surface area contributed by atoms with E-state index in [1.807, 2.05) is 12.1 Å². The largest absolute Gasteiger partial charge is 0.295 e. The van der Waals surface area contributed by atoms with E-state index < -0.39 is 0 Å². The maximum atomic E-state index is 12.1. The van der Waals surface area contributed by atoms with Gasteiger partial charge >= 0.3 is 0 Å². The Morgan fingerprint density at radius 2 is 1.57 bits per heavy atom. The minimum atomic E-state index is 0.238. The number of ketones is 1. The molecule has 0 N–H and O–H groups in total. The van der Waals surface area contributed by atoms with Gasteiger partial charge < -0.3 is 0 Å². The Morgan fingerprint density at radius 3 is 2.24 bits per heavy atom. The quantitative estimate of drug-likeness (QED) is 0.749. The second-order valence-electron chi connectivity index (χ2n) is 5.80. The van der Waals surface area contributed by atoms with Crippen molar-refractivity contribution in [3.05, 3.63) is 83.9 Å². The van der Waals surface area contributed by atoms with Crippen LogP contribution in [0.3, 0.4) is 0 Å². The van der Waals surface area contributed by atoms with E-state index >= 15 is 0 Å². The molecule has 0 aliphatic heterocycles. The number of Topliss-reactive ketones (excluding diaryl/α,β-unsaturated/α-hetero) is 1. The molecule has 1 aliphatic rings. The van der Waals surface area contributed by atoms with E-state index in [1.54, 1.807) is 0 Å². The Hall–Kier alpha value is -2.15. The normalized spacial score (nSPS) is 21.7. The molecular formula is C20H20O. The van der Waals surface area contributed by atoms with Gasteiger partial charge in [0.05, 0.1) is 0 Å². The Bertz CT molecular complexity index is 627. The van der Waals surface area contributed by atoms with Gasteiger partial charge in [0.15, 0.2) is 5.78 Å². The maximum absolute atomic E-state index is 12.1. The highest BCUT2D eigenvalue weighted by molar-refractivity contribution is 5.98. The zero-order valence-corrected chi connectivity index (χ0v) is 12.2. The zero-order valence-electron chi connectivity index (χ0n) is 12.2. The Kier molecular flexibility index (Phi) is 4.01. The van der Waals surface area contributed by atoms with E-state index in [0.29, 0.717) is 12.3 Å². The van der Waals surface area contributed by atoms with Crippen LogP contribution >= 0.6 is 0 Å². The van der Waals surface area contributed by atoms with E-state index in [9.17, 15) is 4.79 Å². The third kappa shape index (κ3) is 2.97. The second kappa shape index (κ2) is 6.09. The summed E-state index contributed by atoms with van der Waals surface area (Å²) in [6.07, 6.45) is 2.61. The molecule has 1 aliphatic carbocycles. The van der Waals surface area contributed by atoms with Crippen molar-refractivity contribution in [2.45, 2.75) is 25.2 Å². The Balaban J connectivity index is 1.77. The predicted octanol–water partition coefficient (Wildman–Crippen LogP) is 4.55. The van der Waals surface area contributed by atoms with Gasteiger partial charge in [-0.15, -0.1) is 0 Å². The number of allylic oxidation sites excluding steroid dienone is 1. The topological polar surface area (TPSA) is 17.1 Å². The molecule has 2 aromatic carbocycles. The first-order valence-corrected chi connectivity index (χ1v) is 7.56. The highest BCUT2D eigenvalue weighted by atomic mass is 16.1. The molecule has 1 heteroatoms. The van der Waals surface area contributed by atoms with Gasteiger partial charge in [-0.05, 0) is 41.4 Å². The predicted molar refractivity (Wildman–Crippen MR) is 86.2 cm³/mol. The molecule has 2 atom stereocenters. The number of benzene rings is 2. The van der Waals surface area contributed by atoms with Gasteiger partial charge in [0, 0.05) is 6.42 Å². The lowest BCUT2D eigenvalue weighted by Crippen LogP contribution is -2.09. The van der Waals surface area contributed by atoms with E-state index in [4.69, 9.17) is 0 Å². The lowest BCUT2D eigenvalue weighted by atomic mass is 9.84. The average molecular weight is 276 g/mol. The lowest BCUT2D eigenvalue weighted by molar-refractivity contribution is -0.114. The molecule has 1 nitrogen and oxygen atoms in total. The van der Waals surface area contributed by atoms with Crippen molar-refractivity contribution < 1.29 is 4.79 Å². The second-order valence-corrected chi connectivity index (χ2v) is 5.80. The van der Waals surface area contributed by atoms with Crippen LogP contribution in [0.5, 0.6) is 0 Å². The standard InChI is InChI=1S/C20H20O/c1-15-18(13-12-16-8-4-2-5-9-16)19(14-20(15)21)17-10-6-3-7-11-17/h2-11,18-19H,1,12-14H2/t18-,19+/m0/s1. The summed E-state index contributed by atoms with van der Waals surface area (Å²) in [6.45, 7) is 4.06. The number of hydrogen-bond donors (Lipinski definition) is 0. The van der Waals surface area contributed by atoms with Crippen molar-refractivity contribution in [1.82, 2.24) is 0 Å². The number of aryl methyl sites for hydroxylation is 1. The molecule has 0 heterocycles. The van der Waals surface area contributed by atoms with Crippen LogP contribution in [0.25, 0.3) is 0 Å². The summed E-state index contributed by atoms with van der Waals surface area (Å²) < 4.78 is 0. The van der Waals surface area contributed by atoms with Crippen LogP contribution in [0.1, 0.15) is 29.9 Å². The van der Waals surface area contributed by atoms with Crippen LogP contribution in [-0.2, 0) is 11.2 Å². The number of carbonyl (C=O) groups is 1. The molecule has 0 spiro atoms. The van der Waals surface area contributed by atoms with Crippen molar-refractivity contribution in [3.63, 3.8) is 0 Å². The molecule has 21 heavy (non-hydrogen) atoms. The van der Waals surface area contributed by atoms with Crippen molar-refractivity contribution in [1.29, 1.82) is 0 Å². The fraction of sp³-hybridized carbons (Fsp3) is 0.250. The molecular weight excluding hydrogens is 256 g/mol. The SMILES string of the molecule is C=C1C(=O)C[C@H](c2ccccc2)[C@H]1CCc1ccccc1. The number of hydrogen-bond acceptors (Lipinski definition) is 1. The van der Waals surface area contributed by atoms with Crippen molar-refractivity contribution in [2.24, 2.45) is 5.92 Å². The Morgan fingerprint density at radius 1 is 0.952 bits per heavy atom. The average Bonchev–Trinajstić information content (AvgIpc) is 2.82. The summed E-state index contributed by atoms with van der Waals surface area (Å²) in [7, 11) is 0. The monoisotopic (exact) mass is 276 g/mol. The van der Waals surface area contributed by atoms with Crippen molar-refractivity contribution in [3.8, 4) is 0 Å². The maximum Gasteiger partial charge on any atom is 0.159 e. The van der Waals surface area contributed by atoms with E-state index in [0.717, 1.165) is 18.4 Å². The molecule has 1 saturated carbocycles. The third-order valence-electron chi connectivity index (χ3n) is 4.51. The van der Waals surface area contributed by atoms with Crippen LogP contribution in [0.4, 0.5) is 0 Å². The molecule has 1 fully saturated rings. The summed E-state index contributed by atoms with van der Waals surface area (Å²) in [6, 6.07) is 20.9. The fourth-order valence-corrected chi connectivity index (χ4v) is 3.32. The van der Waals surface area contributed by atoms with E-state index in [1.165, 1.54) is 11.1 Å².